The maximum atomic E-state index is 11.1. The molecular weight excluding hydrogens is 306 g/mol. The van der Waals surface area contributed by atoms with E-state index < -0.39 is 6.09 Å². The second-order valence-corrected chi connectivity index (χ2v) is 7.46. The van der Waals surface area contributed by atoms with Crippen molar-refractivity contribution >= 4 is 17.9 Å². The van der Waals surface area contributed by atoms with Gasteiger partial charge < -0.3 is 20.6 Å². The van der Waals surface area contributed by atoms with Gasteiger partial charge in [-0.15, -0.1) is 0 Å². The zero-order valence-electron chi connectivity index (χ0n) is 13.9. The zero-order chi connectivity index (χ0) is 16.7. The Hall–Kier alpha value is -2.05. The Labute approximate surface area is 141 Å². The summed E-state index contributed by atoms with van der Waals surface area (Å²) in [6.07, 6.45) is 5.43. The van der Waals surface area contributed by atoms with Gasteiger partial charge in [0.15, 0.2) is 0 Å². The van der Waals surface area contributed by atoms with Crippen molar-refractivity contribution in [2.75, 3.05) is 36.8 Å². The molecule has 1 aromatic heterocycles. The molecule has 24 heavy (non-hydrogen) atoms. The summed E-state index contributed by atoms with van der Waals surface area (Å²) in [5, 5.41) is 9.14. The summed E-state index contributed by atoms with van der Waals surface area (Å²) in [7, 11) is 0. The number of hydrogen-bond acceptors (Lipinski definition) is 5. The molecule has 130 valence electrons. The zero-order valence-corrected chi connectivity index (χ0v) is 13.9. The Morgan fingerprint density at radius 3 is 2.38 bits per heavy atom. The molecule has 1 aliphatic carbocycles. The van der Waals surface area contributed by atoms with E-state index in [1.165, 1.54) is 37.0 Å². The van der Waals surface area contributed by atoms with Gasteiger partial charge >= 0.3 is 6.09 Å². The van der Waals surface area contributed by atoms with Crippen molar-refractivity contribution in [2.45, 2.75) is 38.0 Å². The van der Waals surface area contributed by atoms with Crippen molar-refractivity contribution in [1.29, 1.82) is 0 Å². The Kier molecular flexibility index (Phi) is 3.94. The van der Waals surface area contributed by atoms with Crippen LogP contribution in [0, 0.1) is 11.8 Å². The number of nitrogens with two attached hydrogens (primary N) is 1. The van der Waals surface area contributed by atoms with Crippen molar-refractivity contribution in [2.24, 2.45) is 11.8 Å². The lowest BCUT2D eigenvalue weighted by molar-refractivity contribution is 0.153. The molecule has 4 rings (SSSR count). The first kappa shape index (κ1) is 15.5. The third kappa shape index (κ3) is 2.87. The van der Waals surface area contributed by atoms with Crippen molar-refractivity contribution in [3.63, 3.8) is 0 Å². The molecular formula is C17H25N5O2. The lowest BCUT2D eigenvalue weighted by atomic mass is 9.87. The molecule has 1 saturated carbocycles. The van der Waals surface area contributed by atoms with Gasteiger partial charge in [-0.05, 0) is 12.8 Å². The van der Waals surface area contributed by atoms with Gasteiger partial charge in [0, 0.05) is 50.0 Å². The first-order valence-electron chi connectivity index (χ1n) is 8.97. The molecule has 2 atom stereocenters. The van der Waals surface area contributed by atoms with E-state index in [-0.39, 0.29) is 0 Å². The summed E-state index contributed by atoms with van der Waals surface area (Å²) in [5.74, 6) is 2.58. The highest BCUT2D eigenvalue weighted by atomic mass is 16.4. The monoisotopic (exact) mass is 331 g/mol. The van der Waals surface area contributed by atoms with Crippen LogP contribution in [0.1, 0.15) is 43.7 Å². The van der Waals surface area contributed by atoms with Crippen molar-refractivity contribution in [3.8, 4) is 0 Å². The van der Waals surface area contributed by atoms with Crippen LogP contribution in [0.4, 0.5) is 16.6 Å². The molecule has 1 amide bonds. The summed E-state index contributed by atoms with van der Waals surface area (Å²) in [4.78, 5) is 23.9. The van der Waals surface area contributed by atoms with Gasteiger partial charge in [-0.1, -0.05) is 19.3 Å². The van der Waals surface area contributed by atoms with Gasteiger partial charge in [-0.25, -0.2) is 9.78 Å². The second-order valence-electron chi connectivity index (χ2n) is 7.46. The summed E-state index contributed by atoms with van der Waals surface area (Å²) in [6, 6.07) is 2.11. The molecule has 2 saturated heterocycles. The summed E-state index contributed by atoms with van der Waals surface area (Å²) >= 11 is 0. The highest BCUT2D eigenvalue weighted by molar-refractivity contribution is 5.65. The summed E-state index contributed by atoms with van der Waals surface area (Å²) < 4.78 is 0. The minimum Gasteiger partial charge on any atom is -0.465 e. The van der Waals surface area contributed by atoms with E-state index in [0.717, 1.165) is 24.6 Å². The van der Waals surface area contributed by atoms with E-state index in [2.05, 4.69) is 20.9 Å². The number of likely N-dealkylation sites (tertiary alicyclic amines) is 1. The standard InChI is InChI=1S/C17H25N5O2/c18-16-19-14(11-4-2-1-3-5-11)6-15(20-16)21-7-12-9-22(17(23)24)10-13(12)8-21/h6,11-13H,1-5,7-10H2,(H,23,24)(H2,18,19,20). The Bertz CT molecular complexity index is 617. The maximum Gasteiger partial charge on any atom is 0.407 e. The number of nitrogens with zero attached hydrogens (tertiary/aromatic N) is 4. The smallest absolute Gasteiger partial charge is 0.407 e. The van der Waals surface area contributed by atoms with E-state index in [1.54, 1.807) is 0 Å². The third-order valence-electron chi connectivity index (χ3n) is 5.85. The molecule has 0 radical (unpaired) electrons. The van der Waals surface area contributed by atoms with Gasteiger partial charge in [0.2, 0.25) is 5.95 Å². The van der Waals surface area contributed by atoms with Crippen LogP contribution in [0.15, 0.2) is 6.07 Å². The van der Waals surface area contributed by atoms with Crippen molar-refractivity contribution < 1.29 is 9.90 Å². The van der Waals surface area contributed by atoms with E-state index in [4.69, 9.17) is 10.8 Å². The Morgan fingerprint density at radius 1 is 1.08 bits per heavy atom. The first-order chi connectivity index (χ1) is 11.6. The van der Waals surface area contributed by atoms with Gasteiger partial charge in [0.25, 0.3) is 0 Å². The van der Waals surface area contributed by atoms with Crippen LogP contribution in [0.3, 0.4) is 0 Å². The van der Waals surface area contributed by atoms with Crippen LogP contribution in [0.25, 0.3) is 0 Å². The topological polar surface area (TPSA) is 95.6 Å². The number of nitrogen functional groups attached to an aromatic ring is 1. The molecule has 2 unspecified atom stereocenters. The predicted molar refractivity (Wildman–Crippen MR) is 91.1 cm³/mol. The van der Waals surface area contributed by atoms with Crippen LogP contribution in [0.5, 0.6) is 0 Å². The summed E-state index contributed by atoms with van der Waals surface area (Å²) in [6.45, 7) is 2.98. The molecule has 3 aliphatic rings. The van der Waals surface area contributed by atoms with Crippen LogP contribution >= 0.6 is 0 Å². The molecule has 0 aromatic carbocycles. The van der Waals surface area contributed by atoms with Crippen LogP contribution in [-0.2, 0) is 0 Å². The quantitative estimate of drug-likeness (QED) is 0.862. The lowest BCUT2D eigenvalue weighted by Crippen LogP contribution is -2.32. The van der Waals surface area contributed by atoms with Crippen molar-refractivity contribution in [3.05, 3.63) is 11.8 Å². The summed E-state index contributed by atoms with van der Waals surface area (Å²) in [5.41, 5.74) is 7.06. The fraction of sp³-hybridized carbons (Fsp3) is 0.706. The molecule has 7 heteroatoms. The predicted octanol–water partition coefficient (Wildman–Crippen LogP) is 2.15. The fourth-order valence-corrected chi connectivity index (χ4v) is 4.58. The van der Waals surface area contributed by atoms with E-state index >= 15 is 0 Å². The van der Waals surface area contributed by atoms with Gasteiger partial charge in [0.05, 0.1) is 5.69 Å². The van der Waals surface area contributed by atoms with Crippen LogP contribution < -0.4 is 10.6 Å². The molecule has 0 bridgehead atoms. The number of rotatable bonds is 2. The number of fused-ring (bicyclic) bond motifs is 1. The van der Waals surface area contributed by atoms with E-state index in [0.29, 0.717) is 36.8 Å². The number of amides is 1. The number of carbonyl (C=O) groups is 1. The molecule has 0 spiro atoms. The fourth-order valence-electron chi connectivity index (χ4n) is 4.58. The largest absolute Gasteiger partial charge is 0.465 e. The Balaban J connectivity index is 1.49. The average molecular weight is 331 g/mol. The SMILES string of the molecule is Nc1nc(C2CCCCC2)cc(N2CC3CN(C(=O)O)CC3C2)n1. The average Bonchev–Trinajstić information content (AvgIpc) is 3.14. The van der Waals surface area contributed by atoms with Gasteiger partial charge in [0.1, 0.15) is 5.82 Å². The molecule has 3 heterocycles. The number of aromatic nitrogens is 2. The molecule has 3 N–H and O–H groups in total. The first-order valence-corrected chi connectivity index (χ1v) is 8.97. The highest BCUT2D eigenvalue weighted by Crippen LogP contribution is 2.36. The molecule has 7 nitrogen and oxygen atoms in total. The maximum absolute atomic E-state index is 11.1. The highest BCUT2D eigenvalue weighted by Gasteiger charge is 2.42. The van der Waals surface area contributed by atoms with Gasteiger partial charge in [-0.2, -0.15) is 4.98 Å². The van der Waals surface area contributed by atoms with E-state index in [1.807, 2.05) is 0 Å². The van der Waals surface area contributed by atoms with Crippen LogP contribution in [0.2, 0.25) is 0 Å². The van der Waals surface area contributed by atoms with Crippen LogP contribution in [-0.4, -0.2) is 52.2 Å². The molecule has 1 aromatic rings. The van der Waals surface area contributed by atoms with E-state index in [9.17, 15) is 4.79 Å². The lowest BCUT2D eigenvalue weighted by Gasteiger charge is -2.24. The number of hydrogen-bond donors (Lipinski definition) is 2. The molecule has 2 aliphatic heterocycles. The van der Waals surface area contributed by atoms with Crippen molar-refractivity contribution in [1.82, 2.24) is 14.9 Å². The van der Waals surface area contributed by atoms with Gasteiger partial charge in [-0.3, -0.25) is 0 Å². The molecule has 3 fully saturated rings. The number of anilines is 2. The Morgan fingerprint density at radius 2 is 1.75 bits per heavy atom. The normalized spacial score (nSPS) is 27.5. The second kappa shape index (κ2) is 6.11. The number of carboxylic acid groups (broad SMARTS) is 1. The minimum absolute atomic E-state index is 0.359. The minimum atomic E-state index is -0.804. The third-order valence-corrected chi connectivity index (χ3v) is 5.85.